The Morgan fingerprint density at radius 3 is 2.93 bits per heavy atom. The van der Waals surface area contributed by atoms with E-state index in [4.69, 9.17) is 11.6 Å². The van der Waals surface area contributed by atoms with E-state index in [0.717, 1.165) is 36.8 Å². The van der Waals surface area contributed by atoms with Gasteiger partial charge >= 0.3 is 0 Å². The lowest BCUT2D eigenvalue weighted by Crippen LogP contribution is -2.06. The first-order valence-corrected chi connectivity index (χ1v) is 6.79. The fraction of sp³-hybridized carbons (Fsp3) is 0.600. The van der Waals surface area contributed by atoms with Gasteiger partial charge in [-0.1, -0.05) is 18.5 Å². The number of anilines is 1. The number of nitrogens with zero attached hydrogens (tertiary/aromatic N) is 2. The SMILES string of the molecule is CCc1nc(Cl)cc(NCCCSC)n1. The van der Waals surface area contributed by atoms with Crippen LogP contribution in [0.1, 0.15) is 19.2 Å². The maximum Gasteiger partial charge on any atom is 0.134 e. The van der Waals surface area contributed by atoms with Crippen LogP contribution in [-0.2, 0) is 6.42 Å². The van der Waals surface area contributed by atoms with Gasteiger partial charge in [-0.25, -0.2) is 9.97 Å². The Labute approximate surface area is 100 Å². The van der Waals surface area contributed by atoms with E-state index in [0.29, 0.717) is 5.15 Å². The third-order valence-corrected chi connectivity index (χ3v) is 2.78. The number of hydrogen-bond donors (Lipinski definition) is 1. The van der Waals surface area contributed by atoms with Crippen molar-refractivity contribution in [2.45, 2.75) is 19.8 Å². The molecule has 0 spiro atoms. The molecular weight excluding hydrogens is 230 g/mol. The second kappa shape index (κ2) is 6.90. The van der Waals surface area contributed by atoms with Crippen LogP contribution in [0.5, 0.6) is 0 Å². The molecule has 0 atom stereocenters. The van der Waals surface area contributed by atoms with E-state index < -0.39 is 0 Å². The summed E-state index contributed by atoms with van der Waals surface area (Å²) >= 11 is 7.72. The van der Waals surface area contributed by atoms with Crippen LogP contribution in [0.4, 0.5) is 5.82 Å². The first-order valence-electron chi connectivity index (χ1n) is 5.02. The van der Waals surface area contributed by atoms with Crippen LogP contribution in [0.15, 0.2) is 6.07 Å². The van der Waals surface area contributed by atoms with Gasteiger partial charge in [0.05, 0.1) is 0 Å². The molecular formula is C10H16ClN3S. The van der Waals surface area contributed by atoms with Gasteiger partial charge in [0, 0.05) is 19.0 Å². The molecule has 0 aliphatic heterocycles. The zero-order valence-corrected chi connectivity index (χ0v) is 10.7. The Morgan fingerprint density at radius 1 is 1.47 bits per heavy atom. The second-order valence-electron chi connectivity index (χ2n) is 3.12. The molecule has 1 N–H and O–H groups in total. The quantitative estimate of drug-likeness (QED) is 0.618. The lowest BCUT2D eigenvalue weighted by molar-refractivity contribution is 0.920. The van der Waals surface area contributed by atoms with Crippen molar-refractivity contribution in [3.63, 3.8) is 0 Å². The second-order valence-corrected chi connectivity index (χ2v) is 4.49. The van der Waals surface area contributed by atoms with E-state index in [9.17, 15) is 0 Å². The Kier molecular flexibility index (Phi) is 5.79. The van der Waals surface area contributed by atoms with E-state index in [-0.39, 0.29) is 0 Å². The number of rotatable bonds is 6. The fourth-order valence-corrected chi connectivity index (χ4v) is 1.78. The Bertz CT molecular complexity index is 307. The number of nitrogens with one attached hydrogen (secondary N) is 1. The molecule has 84 valence electrons. The molecule has 15 heavy (non-hydrogen) atoms. The van der Waals surface area contributed by atoms with Gasteiger partial charge in [0.25, 0.3) is 0 Å². The van der Waals surface area contributed by atoms with Crippen LogP contribution in [0.25, 0.3) is 0 Å². The highest BCUT2D eigenvalue weighted by Crippen LogP contribution is 2.11. The van der Waals surface area contributed by atoms with Crippen LogP contribution >= 0.6 is 23.4 Å². The topological polar surface area (TPSA) is 37.8 Å². The molecule has 0 aliphatic rings. The summed E-state index contributed by atoms with van der Waals surface area (Å²) in [6, 6.07) is 1.76. The van der Waals surface area contributed by atoms with Gasteiger partial charge in [-0.3, -0.25) is 0 Å². The van der Waals surface area contributed by atoms with Gasteiger partial charge in [0.2, 0.25) is 0 Å². The van der Waals surface area contributed by atoms with Gasteiger partial charge in [-0.05, 0) is 18.4 Å². The largest absolute Gasteiger partial charge is 0.370 e. The predicted molar refractivity (Wildman–Crippen MR) is 67.9 cm³/mol. The Morgan fingerprint density at radius 2 is 2.27 bits per heavy atom. The van der Waals surface area contributed by atoms with E-state index in [1.165, 1.54) is 0 Å². The van der Waals surface area contributed by atoms with Gasteiger partial charge in [0.15, 0.2) is 0 Å². The summed E-state index contributed by atoms with van der Waals surface area (Å²) in [5, 5.41) is 3.75. The van der Waals surface area contributed by atoms with Crippen molar-refractivity contribution in [2.75, 3.05) is 23.9 Å². The summed E-state index contributed by atoms with van der Waals surface area (Å²) < 4.78 is 0. The highest BCUT2D eigenvalue weighted by atomic mass is 35.5. The average Bonchev–Trinajstić information content (AvgIpc) is 2.23. The van der Waals surface area contributed by atoms with Crippen LogP contribution < -0.4 is 5.32 Å². The molecule has 5 heteroatoms. The van der Waals surface area contributed by atoms with Crippen molar-refractivity contribution in [1.29, 1.82) is 0 Å². The summed E-state index contributed by atoms with van der Waals surface area (Å²) in [6.07, 6.45) is 4.04. The number of halogens is 1. The molecule has 0 bridgehead atoms. The molecule has 3 nitrogen and oxygen atoms in total. The van der Waals surface area contributed by atoms with Crippen molar-refractivity contribution in [2.24, 2.45) is 0 Å². The van der Waals surface area contributed by atoms with Crippen LogP contribution in [0.3, 0.4) is 0 Å². The molecule has 0 saturated heterocycles. The molecule has 1 rings (SSSR count). The number of aryl methyl sites for hydroxylation is 1. The molecule has 1 aromatic heterocycles. The standard InChI is InChI=1S/C10H16ClN3S/c1-3-9-13-8(11)7-10(14-9)12-5-4-6-15-2/h7H,3-6H2,1-2H3,(H,12,13,14). The summed E-state index contributed by atoms with van der Waals surface area (Å²) in [7, 11) is 0. The van der Waals surface area contributed by atoms with Gasteiger partial charge in [0.1, 0.15) is 16.8 Å². The maximum absolute atomic E-state index is 5.87. The molecule has 0 saturated carbocycles. The number of thioether (sulfide) groups is 1. The normalized spacial score (nSPS) is 10.3. The Balaban J connectivity index is 2.49. The highest BCUT2D eigenvalue weighted by Gasteiger charge is 2.00. The molecule has 0 unspecified atom stereocenters. The fourth-order valence-electron chi connectivity index (χ4n) is 1.15. The van der Waals surface area contributed by atoms with Crippen molar-refractivity contribution in [3.8, 4) is 0 Å². The van der Waals surface area contributed by atoms with Crippen molar-refractivity contribution in [3.05, 3.63) is 17.0 Å². The van der Waals surface area contributed by atoms with Gasteiger partial charge in [-0.15, -0.1) is 0 Å². The summed E-state index contributed by atoms with van der Waals surface area (Å²) in [4.78, 5) is 8.44. The average molecular weight is 246 g/mol. The minimum atomic E-state index is 0.509. The molecule has 0 amide bonds. The van der Waals surface area contributed by atoms with Gasteiger partial charge in [-0.2, -0.15) is 11.8 Å². The summed E-state index contributed by atoms with van der Waals surface area (Å²) in [5.41, 5.74) is 0. The minimum absolute atomic E-state index is 0.509. The predicted octanol–water partition coefficient (Wildman–Crippen LogP) is 2.86. The molecule has 0 radical (unpaired) electrons. The smallest absolute Gasteiger partial charge is 0.134 e. The van der Waals surface area contributed by atoms with Crippen LogP contribution in [0.2, 0.25) is 5.15 Å². The lowest BCUT2D eigenvalue weighted by atomic mass is 10.4. The molecule has 0 fully saturated rings. The van der Waals surface area contributed by atoms with E-state index in [2.05, 4.69) is 21.5 Å². The molecule has 0 aromatic carbocycles. The number of aromatic nitrogens is 2. The third-order valence-electron chi connectivity index (χ3n) is 1.89. The van der Waals surface area contributed by atoms with Gasteiger partial charge < -0.3 is 5.32 Å². The number of hydrogen-bond acceptors (Lipinski definition) is 4. The first-order chi connectivity index (χ1) is 7.26. The van der Waals surface area contributed by atoms with Crippen LogP contribution in [0, 0.1) is 0 Å². The summed E-state index contributed by atoms with van der Waals surface area (Å²) in [5.74, 6) is 2.77. The molecule has 1 heterocycles. The first kappa shape index (κ1) is 12.6. The van der Waals surface area contributed by atoms with E-state index >= 15 is 0 Å². The van der Waals surface area contributed by atoms with E-state index in [1.54, 1.807) is 6.07 Å². The monoisotopic (exact) mass is 245 g/mol. The Hall–Kier alpha value is -0.480. The zero-order chi connectivity index (χ0) is 11.1. The van der Waals surface area contributed by atoms with Crippen LogP contribution in [-0.4, -0.2) is 28.5 Å². The van der Waals surface area contributed by atoms with Crippen molar-refractivity contribution in [1.82, 2.24) is 9.97 Å². The zero-order valence-electron chi connectivity index (χ0n) is 9.09. The van der Waals surface area contributed by atoms with E-state index in [1.807, 2.05) is 18.7 Å². The van der Waals surface area contributed by atoms with Crippen molar-refractivity contribution < 1.29 is 0 Å². The maximum atomic E-state index is 5.87. The lowest BCUT2D eigenvalue weighted by Gasteiger charge is -2.06. The molecule has 1 aromatic rings. The van der Waals surface area contributed by atoms with Crippen molar-refractivity contribution >= 4 is 29.2 Å². The third kappa shape index (κ3) is 4.71. The summed E-state index contributed by atoms with van der Waals surface area (Å²) in [6.45, 7) is 2.94. The minimum Gasteiger partial charge on any atom is -0.370 e. The highest BCUT2D eigenvalue weighted by molar-refractivity contribution is 7.98. The molecule has 0 aliphatic carbocycles.